The van der Waals surface area contributed by atoms with Crippen molar-refractivity contribution in [2.45, 2.75) is 45.5 Å². The Hall–Kier alpha value is -3.16. The normalized spacial score (nSPS) is 17.2. The molecule has 1 aromatic heterocycles. The van der Waals surface area contributed by atoms with Crippen LogP contribution in [-0.4, -0.2) is 35.9 Å². The van der Waals surface area contributed by atoms with Crippen LogP contribution in [0.5, 0.6) is 0 Å². The van der Waals surface area contributed by atoms with Crippen LogP contribution in [0, 0.1) is 0 Å². The number of alkyl carbamates (subject to hydrolysis) is 1. The van der Waals surface area contributed by atoms with Crippen molar-refractivity contribution in [1.82, 2.24) is 10.3 Å². The molecule has 1 saturated heterocycles. The number of hydrogen-bond donors (Lipinski definition) is 1. The Morgan fingerprint density at radius 2 is 1.70 bits per heavy atom. The molecule has 0 atom stereocenters. The number of carbonyl (C=O) groups excluding carboxylic acids is 1. The summed E-state index contributed by atoms with van der Waals surface area (Å²) >= 11 is 0. The molecule has 1 amide bonds. The van der Waals surface area contributed by atoms with Gasteiger partial charge in [-0.25, -0.2) is 4.79 Å². The van der Waals surface area contributed by atoms with Crippen molar-refractivity contribution in [1.29, 1.82) is 0 Å². The molecule has 170 valence electrons. The van der Waals surface area contributed by atoms with Crippen molar-refractivity contribution >= 4 is 30.2 Å². The summed E-state index contributed by atoms with van der Waals surface area (Å²) in [5.74, 6) is 0. The molecule has 0 radical (unpaired) electrons. The molecule has 1 N–H and O–H groups in total. The highest BCUT2D eigenvalue weighted by molar-refractivity contribution is 6.56. The predicted molar refractivity (Wildman–Crippen MR) is 130 cm³/mol. The van der Waals surface area contributed by atoms with Gasteiger partial charge in [-0.2, -0.15) is 0 Å². The van der Waals surface area contributed by atoms with E-state index in [-0.39, 0.29) is 13.2 Å². The lowest BCUT2D eigenvalue weighted by Gasteiger charge is -2.32. The minimum absolute atomic E-state index is 0.204. The quantitative estimate of drug-likeness (QED) is 0.531. The number of carbonyl (C=O) groups is 1. The molecule has 0 unspecified atom stereocenters. The van der Waals surface area contributed by atoms with Crippen LogP contribution < -0.4 is 5.32 Å². The Bertz CT molecular complexity index is 1140. The maximum atomic E-state index is 12.4. The van der Waals surface area contributed by atoms with Crippen LogP contribution in [0.4, 0.5) is 4.79 Å². The minimum Gasteiger partial charge on any atom is -0.445 e. The first-order valence-corrected chi connectivity index (χ1v) is 11.1. The van der Waals surface area contributed by atoms with Gasteiger partial charge in [-0.3, -0.25) is 4.98 Å². The zero-order chi connectivity index (χ0) is 23.5. The summed E-state index contributed by atoms with van der Waals surface area (Å²) in [6, 6.07) is 19.5. The smallest absolute Gasteiger partial charge is 0.445 e. The van der Waals surface area contributed by atoms with Crippen molar-refractivity contribution in [3.63, 3.8) is 0 Å². The highest BCUT2D eigenvalue weighted by Gasteiger charge is 2.52. The van der Waals surface area contributed by atoms with Gasteiger partial charge in [0, 0.05) is 23.7 Å². The fraction of sp³-hybridized carbons (Fsp3) is 0.308. The molecule has 3 aromatic rings. The summed E-state index contributed by atoms with van der Waals surface area (Å²) in [7, 11) is -0.608. The highest BCUT2D eigenvalue weighted by atomic mass is 16.7. The fourth-order valence-corrected chi connectivity index (χ4v) is 3.59. The van der Waals surface area contributed by atoms with Crippen LogP contribution in [0.25, 0.3) is 17.0 Å². The molecule has 7 heteroatoms. The van der Waals surface area contributed by atoms with Gasteiger partial charge in [-0.1, -0.05) is 60.7 Å². The summed E-state index contributed by atoms with van der Waals surface area (Å²) in [5.41, 5.74) is 2.51. The number of ether oxygens (including phenoxy) is 1. The first-order valence-electron chi connectivity index (χ1n) is 11.1. The Balaban J connectivity index is 1.55. The topological polar surface area (TPSA) is 69.7 Å². The van der Waals surface area contributed by atoms with Gasteiger partial charge in [0.1, 0.15) is 6.61 Å². The van der Waals surface area contributed by atoms with Gasteiger partial charge in [0.05, 0.1) is 16.7 Å². The van der Waals surface area contributed by atoms with E-state index in [2.05, 4.69) is 10.3 Å². The van der Waals surface area contributed by atoms with Crippen LogP contribution in [0.2, 0.25) is 0 Å². The van der Waals surface area contributed by atoms with Gasteiger partial charge in [0.25, 0.3) is 0 Å². The average molecular weight is 444 g/mol. The Labute approximate surface area is 195 Å². The van der Waals surface area contributed by atoms with Crippen molar-refractivity contribution in [3.8, 4) is 0 Å². The van der Waals surface area contributed by atoms with Gasteiger partial charge >= 0.3 is 13.2 Å². The van der Waals surface area contributed by atoms with E-state index >= 15 is 0 Å². The first-order chi connectivity index (χ1) is 15.7. The largest absolute Gasteiger partial charge is 0.492 e. The second kappa shape index (κ2) is 9.37. The summed E-state index contributed by atoms with van der Waals surface area (Å²) in [6.45, 7) is 8.44. The van der Waals surface area contributed by atoms with Crippen LogP contribution in [0.3, 0.4) is 0 Å². The zero-order valence-corrected chi connectivity index (χ0v) is 19.5. The van der Waals surface area contributed by atoms with E-state index < -0.39 is 24.4 Å². The van der Waals surface area contributed by atoms with Crippen LogP contribution in [-0.2, 0) is 20.7 Å². The second-order valence-electron chi connectivity index (χ2n) is 9.15. The monoisotopic (exact) mass is 444 g/mol. The second-order valence-corrected chi connectivity index (χ2v) is 9.15. The SMILES string of the molecule is CC1(C)OB(C(=Cc2cccc3cccnc23)CNC(=O)OCc2ccccc2)OC1(C)C. The molecular weight excluding hydrogens is 415 g/mol. The molecule has 0 aliphatic carbocycles. The molecular formula is C26H29BN2O4. The number of aromatic nitrogens is 1. The van der Waals surface area contributed by atoms with E-state index in [4.69, 9.17) is 14.0 Å². The zero-order valence-electron chi connectivity index (χ0n) is 19.5. The number of hydrogen-bond acceptors (Lipinski definition) is 5. The van der Waals surface area contributed by atoms with E-state index in [1.165, 1.54) is 0 Å². The summed E-state index contributed by atoms with van der Waals surface area (Å²) < 4.78 is 17.9. The molecule has 0 spiro atoms. The molecule has 0 bridgehead atoms. The van der Waals surface area contributed by atoms with Gasteiger partial charge in [-0.15, -0.1) is 0 Å². The molecule has 1 aliphatic heterocycles. The Morgan fingerprint density at radius 3 is 2.42 bits per heavy atom. The lowest BCUT2D eigenvalue weighted by atomic mass is 9.77. The highest BCUT2D eigenvalue weighted by Crippen LogP contribution is 2.39. The molecule has 2 aromatic carbocycles. The third-order valence-corrected chi connectivity index (χ3v) is 6.21. The standard InChI is InChI=1S/C26H29BN2O4/c1-25(2)26(3,4)33-27(32-25)22(16-21-13-8-12-20-14-9-15-28-23(20)21)17-29-24(30)31-18-19-10-6-5-7-11-19/h5-16H,17-18H2,1-4H3,(H,29,30). The molecule has 4 rings (SSSR count). The van der Waals surface area contributed by atoms with Gasteiger partial charge < -0.3 is 19.4 Å². The van der Waals surface area contributed by atoms with Crippen molar-refractivity contribution < 1.29 is 18.8 Å². The molecule has 0 saturated carbocycles. The summed E-state index contributed by atoms with van der Waals surface area (Å²) in [4.78, 5) is 16.9. The van der Waals surface area contributed by atoms with Gasteiger partial charge in [0.2, 0.25) is 0 Å². The van der Waals surface area contributed by atoms with E-state index in [1.54, 1.807) is 6.20 Å². The van der Waals surface area contributed by atoms with Crippen LogP contribution in [0.15, 0.2) is 72.3 Å². The maximum Gasteiger partial charge on any atom is 0.492 e. The van der Waals surface area contributed by atoms with E-state index in [1.807, 2.05) is 94.4 Å². The number of para-hydroxylation sites is 1. The number of pyridine rings is 1. The third kappa shape index (κ3) is 5.26. The van der Waals surface area contributed by atoms with E-state index in [0.717, 1.165) is 27.5 Å². The van der Waals surface area contributed by atoms with Crippen LogP contribution >= 0.6 is 0 Å². The molecule has 6 nitrogen and oxygen atoms in total. The first kappa shape index (κ1) is 23.0. The average Bonchev–Trinajstić information content (AvgIpc) is 3.02. The minimum atomic E-state index is -0.608. The lowest BCUT2D eigenvalue weighted by molar-refractivity contribution is 0.00578. The van der Waals surface area contributed by atoms with E-state index in [0.29, 0.717) is 0 Å². The number of rotatable bonds is 6. The fourth-order valence-electron chi connectivity index (χ4n) is 3.59. The molecule has 1 fully saturated rings. The summed E-state index contributed by atoms with van der Waals surface area (Å²) in [6.07, 6.45) is 3.25. The van der Waals surface area contributed by atoms with Crippen molar-refractivity contribution in [2.24, 2.45) is 0 Å². The van der Waals surface area contributed by atoms with Crippen molar-refractivity contribution in [3.05, 3.63) is 83.5 Å². The van der Waals surface area contributed by atoms with E-state index in [9.17, 15) is 4.79 Å². The number of nitrogens with one attached hydrogen (secondary N) is 1. The number of amides is 1. The predicted octanol–water partition coefficient (Wildman–Crippen LogP) is 5.18. The Kier molecular flexibility index (Phi) is 6.54. The maximum absolute atomic E-state index is 12.4. The van der Waals surface area contributed by atoms with Gasteiger partial charge in [-0.05, 0) is 44.8 Å². The van der Waals surface area contributed by atoms with Crippen LogP contribution in [0.1, 0.15) is 38.8 Å². The molecule has 1 aliphatic rings. The van der Waals surface area contributed by atoms with Crippen molar-refractivity contribution in [2.75, 3.05) is 6.54 Å². The Morgan fingerprint density at radius 1 is 1.00 bits per heavy atom. The number of nitrogens with zero attached hydrogens (tertiary/aromatic N) is 1. The number of benzene rings is 2. The molecule has 33 heavy (non-hydrogen) atoms. The molecule has 2 heterocycles. The summed E-state index contributed by atoms with van der Waals surface area (Å²) in [5, 5.41) is 3.88. The lowest BCUT2D eigenvalue weighted by Crippen LogP contribution is -2.41. The number of fused-ring (bicyclic) bond motifs is 1. The van der Waals surface area contributed by atoms with Gasteiger partial charge in [0.15, 0.2) is 0 Å². The third-order valence-electron chi connectivity index (χ3n) is 6.21.